The second-order valence-electron chi connectivity index (χ2n) is 4.19. The third-order valence-corrected chi connectivity index (χ3v) is 2.82. The summed E-state index contributed by atoms with van der Waals surface area (Å²) < 4.78 is 5.10. The Morgan fingerprint density at radius 1 is 1.15 bits per heavy atom. The fourth-order valence-electron chi connectivity index (χ4n) is 1.80. The maximum Gasteiger partial charge on any atom is 0.336 e. The van der Waals surface area contributed by atoms with Crippen LogP contribution in [-0.4, -0.2) is 23.3 Å². The second kappa shape index (κ2) is 5.93. The Labute approximate surface area is 116 Å². The lowest BCUT2D eigenvalue weighted by Gasteiger charge is -2.06. The van der Waals surface area contributed by atoms with Gasteiger partial charge in [-0.05, 0) is 41.5 Å². The molecule has 0 saturated heterocycles. The van der Waals surface area contributed by atoms with Crippen molar-refractivity contribution < 1.29 is 19.7 Å². The number of carboxylic acid groups (broad SMARTS) is 1. The van der Waals surface area contributed by atoms with Crippen LogP contribution in [-0.2, 0) is 4.79 Å². The summed E-state index contributed by atoms with van der Waals surface area (Å²) in [6, 6.07) is 13.2. The molecule has 0 bridgehead atoms. The van der Waals surface area contributed by atoms with Crippen molar-refractivity contribution in [2.75, 3.05) is 7.11 Å². The molecule has 0 aliphatic rings. The number of carbonyl (C=O) groups is 1. The van der Waals surface area contributed by atoms with Gasteiger partial charge in [-0.2, -0.15) is 0 Å². The molecule has 0 aliphatic heterocycles. The highest BCUT2D eigenvalue weighted by Crippen LogP contribution is 2.23. The molecule has 0 radical (unpaired) electrons. The molecule has 0 atom stereocenters. The minimum atomic E-state index is -1.02. The highest BCUT2D eigenvalue weighted by atomic mass is 16.5. The van der Waals surface area contributed by atoms with E-state index in [0.717, 1.165) is 0 Å². The molecular weight excluding hydrogens is 256 g/mol. The Balaban J connectivity index is 2.45. The van der Waals surface area contributed by atoms with Gasteiger partial charge in [0, 0.05) is 0 Å². The zero-order valence-electron chi connectivity index (χ0n) is 10.9. The van der Waals surface area contributed by atoms with Crippen LogP contribution in [0.4, 0.5) is 0 Å². The Morgan fingerprint density at radius 3 is 2.45 bits per heavy atom. The summed E-state index contributed by atoms with van der Waals surface area (Å²) in [6.07, 6.45) is 1.55. The molecular formula is C16H14O4. The Bertz CT molecular complexity index is 642. The molecule has 0 aliphatic carbocycles. The number of aliphatic carboxylic acids is 1. The van der Waals surface area contributed by atoms with E-state index in [4.69, 9.17) is 4.74 Å². The number of phenolic OH excluding ortho intramolecular Hbond substituents is 1. The van der Waals surface area contributed by atoms with Crippen molar-refractivity contribution in [3.63, 3.8) is 0 Å². The molecule has 0 aromatic heterocycles. The normalized spacial score (nSPS) is 11.2. The Morgan fingerprint density at radius 2 is 1.85 bits per heavy atom. The monoisotopic (exact) mass is 270 g/mol. The number of carboxylic acids is 1. The minimum absolute atomic E-state index is 0.139. The van der Waals surface area contributed by atoms with Crippen LogP contribution < -0.4 is 4.74 Å². The van der Waals surface area contributed by atoms with Crippen LogP contribution in [0.2, 0.25) is 0 Å². The van der Waals surface area contributed by atoms with Gasteiger partial charge < -0.3 is 14.9 Å². The maximum atomic E-state index is 11.4. The van der Waals surface area contributed by atoms with Crippen LogP contribution in [0.25, 0.3) is 11.6 Å². The Kier molecular flexibility index (Phi) is 4.05. The number of aromatic hydroxyl groups is 1. The number of benzene rings is 2. The fraction of sp³-hybridized carbons (Fsp3) is 0.0625. The van der Waals surface area contributed by atoms with E-state index in [1.54, 1.807) is 42.5 Å². The number of hydrogen-bond donors (Lipinski definition) is 2. The van der Waals surface area contributed by atoms with E-state index in [0.29, 0.717) is 16.9 Å². The number of phenols is 1. The average molecular weight is 270 g/mol. The standard InChI is InChI=1S/C16H14O4/c1-20-14-4-2-3-12(10-14)15(16(18)19)9-11-5-7-13(17)8-6-11/h2-10,17H,1H3,(H,18,19)/b15-9-. The van der Waals surface area contributed by atoms with Crippen molar-refractivity contribution in [1.82, 2.24) is 0 Å². The molecule has 4 heteroatoms. The summed E-state index contributed by atoms with van der Waals surface area (Å²) in [5.74, 6) is -0.285. The fourth-order valence-corrected chi connectivity index (χ4v) is 1.80. The molecule has 0 amide bonds. The van der Waals surface area contributed by atoms with Crippen LogP contribution in [0.1, 0.15) is 11.1 Å². The van der Waals surface area contributed by atoms with Crippen LogP contribution in [0, 0.1) is 0 Å². The lowest BCUT2D eigenvalue weighted by Crippen LogP contribution is -2.00. The summed E-state index contributed by atoms with van der Waals surface area (Å²) in [4.78, 5) is 11.4. The molecule has 20 heavy (non-hydrogen) atoms. The van der Waals surface area contributed by atoms with Gasteiger partial charge in [0.05, 0.1) is 12.7 Å². The van der Waals surface area contributed by atoms with Gasteiger partial charge in [-0.25, -0.2) is 4.79 Å². The quantitative estimate of drug-likeness (QED) is 0.662. The largest absolute Gasteiger partial charge is 0.508 e. The van der Waals surface area contributed by atoms with E-state index in [9.17, 15) is 15.0 Å². The van der Waals surface area contributed by atoms with Crippen molar-refractivity contribution >= 4 is 17.6 Å². The summed E-state index contributed by atoms with van der Waals surface area (Å²) in [7, 11) is 1.53. The van der Waals surface area contributed by atoms with Gasteiger partial charge in [0.15, 0.2) is 0 Å². The summed E-state index contributed by atoms with van der Waals surface area (Å²) in [5.41, 5.74) is 1.42. The van der Waals surface area contributed by atoms with Gasteiger partial charge in [0.25, 0.3) is 0 Å². The smallest absolute Gasteiger partial charge is 0.336 e. The molecule has 0 fully saturated rings. The summed E-state index contributed by atoms with van der Waals surface area (Å²) in [6.45, 7) is 0. The first kappa shape index (κ1) is 13.7. The van der Waals surface area contributed by atoms with Crippen LogP contribution in [0.3, 0.4) is 0 Å². The zero-order chi connectivity index (χ0) is 14.5. The van der Waals surface area contributed by atoms with Gasteiger partial charge in [-0.1, -0.05) is 24.3 Å². The predicted molar refractivity (Wildman–Crippen MR) is 76.6 cm³/mol. The van der Waals surface area contributed by atoms with Crippen LogP contribution in [0.15, 0.2) is 48.5 Å². The van der Waals surface area contributed by atoms with E-state index in [2.05, 4.69) is 0 Å². The maximum absolute atomic E-state index is 11.4. The number of ether oxygens (including phenoxy) is 1. The molecule has 0 saturated carbocycles. The number of methoxy groups -OCH3 is 1. The van der Waals surface area contributed by atoms with E-state index in [1.807, 2.05) is 0 Å². The van der Waals surface area contributed by atoms with Crippen molar-refractivity contribution in [3.05, 3.63) is 59.7 Å². The van der Waals surface area contributed by atoms with E-state index in [1.165, 1.54) is 19.2 Å². The predicted octanol–water partition coefficient (Wildman–Crippen LogP) is 3.03. The zero-order valence-corrected chi connectivity index (χ0v) is 10.9. The molecule has 0 spiro atoms. The van der Waals surface area contributed by atoms with Crippen molar-refractivity contribution in [2.45, 2.75) is 0 Å². The Hall–Kier alpha value is -2.75. The highest BCUT2D eigenvalue weighted by molar-refractivity contribution is 6.20. The van der Waals surface area contributed by atoms with Crippen LogP contribution >= 0.6 is 0 Å². The first-order chi connectivity index (χ1) is 9.60. The van der Waals surface area contributed by atoms with Crippen molar-refractivity contribution in [3.8, 4) is 11.5 Å². The topological polar surface area (TPSA) is 66.8 Å². The first-order valence-corrected chi connectivity index (χ1v) is 5.98. The molecule has 4 nitrogen and oxygen atoms in total. The minimum Gasteiger partial charge on any atom is -0.508 e. The average Bonchev–Trinajstić information content (AvgIpc) is 2.46. The van der Waals surface area contributed by atoms with Crippen molar-refractivity contribution in [1.29, 1.82) is 0 Å². The molecule has 2 N–H and O–H groups in total. The number of hydrogen-bond acceptors (Lipinski definition) is 3. The summed E-state index contributed by atoms with van der Waals surface area (Å²) in [5, 5.41) is 18.6. The second-order valence-corrected chi connectivity index (χ2v) is 4.19. The van der Waals surface area contributed by atoms with Gasteiger partial charge in [0.2, 0.25) is 0 Å². The molecule has 102 valence electrons. The summed E-state index contributed by atoms with van der Waals surface area (Å²) >= 11 is 0. The third kappa shape index (κ3) is 3.17. The van der Waals surface area contributed by atoms with Gasteiger partial charge >= 0.3 is 5.97 Å². The SMILES string of the molecule is COc1cccc(/C(=C/c2ccc(O)cc2)C(=O)O)c1. The number of rotatable bonds is 4. The lowest BCUT2D eigenvalue weighted by molar-refractivity contribution is -0.130. The first-order valence-electron chi connectivity index (χ1n) is 5.98. The van der Waals surface area contributed by atoms with Crippen LogP contribution in [0.5, 0.6) is 11.5 Å². The highest BCUT2D eigenvalue weighted by Gasteiger charge is 2.11. The van der Waals surface area contributed by atoms with Gasteiger partial charge in [0.1, 0.15) is 11.5 Å². The lowest BCUT2D eigenvalue weighted by atomic mass is 10.0. The molecule has 2 rings (SSSR count). The van der Waals surface area contributed by atoms with E-state index >= 15 is 0 Å². The molecule has 0 unspecified atom stereocenters. The molecule has 2 aromatic rings. The van der Waals surface area contributed by atoms with Gasteiger partial charge in [-0.3, -0.25) is 0 Å². The van der Waals surface area contributed by atoms with Gasteiger partial charge in [-0.15, -0.1) is 0 Å². The molecule has 0 heterocycles. The van der Waals surface area contributed by atoms with E-state index < -0.39 is 5.97 Å². The van der Waals surface area contributed by atoms with E-state index in [-0.39, 0.29) is 11.3 Å². The molecule has 2 aromatic carbocycles. The third-order valence-electron chi connectivity index (χ3n) is 2.82. The van der Waals surface area contributed by atoms with Crippen molar-refractivity contribution in [2.24, 2.45) is 0 Å².